The standard InChI is InChI=1S/C15H20N2O4/c1-4-11(5-2)21-14(18)12-9(3)16-15(19)17-13(12)10-6-7-20-8-10/h6-8,11,13H,4-5H2,1-3H3,(H2,16,17,19). The Labute approximate surface area is 123 Å². The maximum Gasteiger partial charge on any atom is 0.338 e. The summed E-state index contributed by atoms with van der Waals surface area (Å²) >= 11 is 0. The molecule has 0 bridgehead atoms. The summed E-state index contributed by atoms with van der Waals surface area (Å²) in [4.78, 5) is 24.1. The quantitative estimate of drug-likeness (QED) is 0.817. The molecule has 21 heavy (non-hydrogen) atoms. The Kier molecular flexibility index (Phi) is 4.67. The van der Waals surface area contributed by atoms with Crippen LogP contribution in [-0.2, 0) is 9.53 Å². The third-order valence-corrected chi connectivity index (χ3v) is 3.55. The summed E-state index contributed by atoms with van der Waals surface area (Å²) in [6.45, 7) is 5.63. The van der Waals surface area contributed by atoms with Crippen molar-refractivity contribution in [3.05, 3.63) is 35.4 Å². The van der Waals surface area contributed by atoms with E-state index in [-0.39, 0.29) is 12.1 Å². The molecule has 1 atom stereocenters. The van der Waals surface area contributed by atoms with E-state index < -0.39 is 12.0 Å². The van der Waals surface area contributed by atoms with Crippen LogP contribution in [0.4, 0.5) is 4.79 Å². The molecule has 1 aromatic heterocycles. The molecule has 0 aliphatic carbocycles. The minimum atomic E-state index is -0.556. The molecular weight excluding hydrogens is 272 g/mol. The second-order valence-electron chi connectivity index (χ2n) is 4.97. The molecule has 0 saturated heterocycles. The summed E-state index contributed by atoms with van der Waals surface area (Å²) in [5.41, 5.74) is 1.62. The maximum absolute atomic E-state index is 12.4. The monoisotopic (exact) mass is 292 g/mol. The molecule has 1 aliphatic rings. The molecule has 6 heteroatoms. The number of hydrogen-bond acceptors (Lipinski definition) is 4. The van der Waals surface area contributed by atoms with Crippen molar-refractivity contribution >= 4 is 12.0 Å². The number of carbonyl (C=O) groups excluding carboxylic acids is 2. The smallest absolute Gasteiger partial charge is 0.338 e. The zero-order valence-corrected chi connectivity index (χ0v) is 12.4. The fourth-order valence-corrected chi connectivity index (χ4v) is 2.32. The number of furan rings is 1. The van der Waals surface area contributed by atoms with Gasteiger partial charge in [-0.15, -0.1) is 0 Å². The lowest BCUT2D eigenvalue weighted by Gasteiger charge is -2.28. The lowest BCUT2D eigenvalue weighted by atomic mass is 9.98. The fourth-order valence-electron chi connectivity index (χ4n) is 2.32. The lowest BCUT2D eigenvalue weighted by Crippen LogP contribution is -2.45. The Bertz CT molecular complexity index is 544. The fraction of sp³-hybridized carbons (Fsp3) is 0.467. The summed E-state index contributed by atoms with van der Waals surface area (Å²) in [7, 11) is 0. The van der Waals surface area contributed by atoms with E-state index in [1.54, 1.807) is 13.0 Å². The molecule has 0 saturated carbocycles. The van der Waals surface area contributed by atoms with Crippen molar-refractivity contribution in [1.82, 2.24) is 10.6 Å². The molecule has 2 N–H and O–H groups in total. The molecule has 1 aromatic rings. The Balaban J connectivity index is 2.29. The second-order valence-corrected chi connectivity index (χ2v) is 4.97. The molecule has 2 heterocycles. The number of ether oxygens (including phenoxy) is 1. The van der Waals surface area contributed by atoms with Crippen LogP contribution in [0.3, 0.4) is 0 Å². The summed E-state index contributed by atoms with van der Waals surface area (Å²) in [6.07, 6.45) is 4.40. The molecule has 1 unspecified atom stereocenters. The predicted molar refractivity (Wildman–Crippen MR) is 76.3 cm³/mol. The molecular formula is C15H20N2O4. The average molecular weight is 292 g/mol. The minimum Gasteiger partial charge on any atom is -0.472 e. The topological polar surface area (TPSA) is 80.6 Å². The number of rotatable bonds is 5. The van der Waals surface area contributed by atoms with E-state index in [0.717, 1.165) is 12.8 Å². The van der Waals surface area contributed by atoms with Gasteiger partial charge in [-0.05, 0) is 25.8 Å². The first-order chi connectivity index (χ1) is 10.1. The Morgan fingerprint density at radius 3 is 2.71 bits per heavy atom. The zero-order chi connectivity index (χ0) is 15.4. The Morgan fingerprint density at radius 2 is 2.14 bits per heavy atom. The normalized spacial score (nSPS) is 18.5. The van der Waals surface area contributed by atoms with Crippen molar-refractivity contribution in [2.24, 2.45) is 0 Å². The first kappa shape index (κ1) is 15.2. The third kappa shape index (κ3) is 3.26. The molecule has 0 spiro atoms. The average Bonchev–Trinajstić information content (AvgIpc) is 2.97. The molecule has 1 aliphatic heterocycles. The van der Waals surface area contributed by atoms with Gasteiger partial charge in [0.05, 0.1) is 24.1 Å². The van der Waals surface area contributed by atoms with Crippen molar-refractivity contribution < 1.29 is 18.7 Å². The highest BCUT2D eigenvalue weighted by Gasteiger charge is 2.33. The first-order valence-corrected chi connectivity index (χ1v) is 7.08. The molecule has 0 fully saturated rings. The van der Waals surface area contributed by atoms with Gasteiger partial charge in [0.15, 0.2) is 0 Å². The number of nitrogens with one attached hydrogen (secondary N) is 2. The van der Waals surface area contributed by atoms with Gasteiger partial charge in [-0.25, -0.2) is 9.59 Å². The number of carbonyl (C=O) groups is 2. The number of hydrogen-bond donors (Lipinski definition) is 2. The number of esters is 1. The van der Waals surface area contributed by atoms with Crippen molar-refractivity contribution in [2.45, 2.75) is 45.8 Å². The van der Waals surface area contributed by atoms with Crippen molar-refractivity contribution in [1.29, 1.82) is 0 Å². The predicted octanol–water partition coefficient (Wildman–Crippen LogP) is 2.64. The molecule has 2 amide bonds. The van der Waals surface area contributed by atoms with E-state index in [1.807, 2.05) is 13.8 Å². The summed E-state index contributed by atoms with van der Waals surface area (Å²) < 4.78 is 10.5. The van der Waals surface area contributed by atoms with Gasteiger partial charge in [0.1, 0.15) is 6.10 Å². The summed E-state index contributed by atoms with van der Waals surface area (Å²) in [5, 5.41) is 5.33. The number of amides is 2. The summed E-state index contributed by atoms with van der Waals surface area (Å²) in [6, 6.07) is 0.811. The first-order valence-electron chi connectivity index (χ1n) is 7.08. The van der Waals surface area contributed by atoms with Gasteiger partial charge in [0, 0.05) is 11.3 Å². The van der Waals surface area contributed by atoms with Crippen molar-refractivity contribution in [3.8, 4) is 0 Å². The highest BCUT2D eigenvalue weighted by atomic mass is 16.5. The van der Waals surface area contributed by atoms with Gasteiger partial charge >= 0.3 is 12.0 Å². The van der Waals surface area contributed by atoms with Crippen LogP contribution in [0.1, 0.15) is 45.2 Å². The van der Waals surface area contributed by atoms with Gasteiger partial charge < -0.3 is 19.8 Å². The van der Waals surface area contributed by atoms with Gasteiger partial charge in [0.25, 0.3) is 0 Å². The Hall–Kier alpha value is -2.24. The van der Waals surface area contributed by atoms with E-state index in [9.17, 15) is 9.59 Å². The van der Waals surface area contributed by atoms with Crippen molar-refractivity contribution in [3.63, 3.8) is 0 Å². The molecule has 6 nitrogen and oxygen atoms in total. The van der Waals surface area contributed by atoms with E-state index in [2.05, 4.69) is 10.6 Å². The van der Waals surface area contributed by atoms with Crippen LogP contribution in [0.5, 0.6) is 0 Å². The second kappa shape index (κ2) is 6.47. The van der Waals surface area contributed by atoms with Gasteiger partial charge in [-0.2, -0.15) is 0 Å². The largest absolute Gasteiger partial charge is 0.472 e. The zero-order valence-electron chi connectivity index (χ0n) is 12.4. The van der Waals surface area contributed by atoms with Crippen LogP contribution in [0.2, 0.25) is 0 Å². The van der Waals surface area contributed by atoms with Crippen LogP contribution >= 0.6 is 0 Å². The van der Waals surface area contributed by atoms with Crippen molar-refractivity contribution in [2.75, 3.05) is 0 Å². The lowest BCUT2D eigenvalue weighted by molar-refractivity contribution is -0.145. The molecule has 114 valence electrons. The van der Waals surface area contributed by atoms with E-state index in [1.165, 1.54) is 12.5 Å². The van der Waals surface area contributed by atoms with Gasteiger partial charge in [0.2, 0.25) is 0 Å². The SMILES string of the molecule is CCC(CC)OC(=O)C1=C(C)NC(=O)NC1c1ccoc1. The van der Waals surface area contributed by atoms with E-state index >= 15 is 0 Å². The minimum absolute atomic E-state index is 0.125. The highest BCUT2D eigenvalue weighted by molar-refractivity contribution is 5.95. The van der Waals surface area contributed by atoms with Crippen LogP contribution in [0, 0.1) is 0 Å². The summed E-state index contributed by atoms with van der Waals surface area (Å²) in [5.74, 6) is -0.417. The van der Waals surface area contributed by atoms with Gasteiger partial charge in [-0.1, -0.05) is 13.8 Å². The Morgan fingerprint density at radius 1 is 1.43 bits per heavy atom. The maximum atomic E-state index is 12.4. The highest BCUT2D eigenvalue weighted by Crippen LogP contribution is 2.28. The molecule has 2 rings (SSSR count). The molecule has 0 radical (unpaired) electrons. The third-order valence-electron chi connectivity index (χ3n) is 3.55. The van der Waals surface area contributed by atoms with E-state index in [4.69, 9.17) is 9.15 Å². The molecule has 0 aromatic carbocycles. The van der Waals surface area contributed by atoms with Crippen LogP contribution in [0.15, 0.2) is 34.3 Å². The van der Waals surface area contributed by atoms with Crippen LogP contribution in [0.25, 0.3) is 0 Å². The van der Waals surface area contributed by atoms with Gasteiger partial charge in [-0.3, -0.25) is 0 Å². The van der Waals surface area contributed by atoms with Crippen LogP contribution < -0.4 is 10.6 Å². The van der Waals surface area contributed by atoms with Crippen LogP contribution in [-0.4, -0.2) is 18.1 Å². The number of urea groups is 1. The van der Waals surface area contributed by atoms with E-state index in [0.29, 0.717) is 16.8 Å². The number of allylic oxidation sites excluding steroid dienone is 1.